The van der Waals surface area contributed by atoms with E-state index in [1.807, 2.05) is 18.2 Å². The van der Waals surface area contributed by atoms with Crippen LogP contribution in [-0.2, 0) is 11.2 Å². The molecule has 132 valence electrons. The molecule has 7 heteroatoms. The van der Waals surface area contributed by atoms with Gasteiger partial charge in [0.2, 0.25) is 12.7 Å². The third-order valence-electron chi connectivity index (χ3n) is 4.59. The topological polar surface area (TPSA) is 85.5 Å². The van der Waals surface area contributed by atoms with Crippen molar-refractivity contribution in [3.05, 3.63) is 36.4 Å². The van der Waals surface area contributed by atoms with E-state index in [2.05, 4.69) is 15.3 Å². The molecule has 0 radical (unpaired) electrons. The first-order valence-electron chi connectivity index (χ1n) is 8.59. The normalized spacial score (nSPS) is 21.8. The first kappa shape index (κ1) is 15.8. The molecule has 2 heterocycles. The lowest BCUT2D eigenvalue weighted by Gasteiger charge is -2.29. The maximum Gasteiger partial charge on any atom is 0.231 e. The number of fused-ring (bicyclic) bond motifs is 1. The number of nitrogens with one attached hydrogen (secondary N) is 2. The molecule has 1 aromatic carbocycles. The zero-order valence-corrected chi connectivity index (χ0v) is 13.9. The smallest absolute Gasteiger partial charge is 0.231 e. The van der Waals surface area contributed by atoms with Gasteiger partial charge in [-0.1, -0.05) is 0 Å². The molecule has 0 atom stereocenters. The molecular formula is C18H21N3O4. The van der Waals surface area contributed by atoms with E-state index in [-0.39, 0.29) is 24.8 Å². The molecule has 0 spiro atoms. The van der Waals surface area contributed by atoms with Crippen molar-refractivity contribution in [3.63, 3.8) is 0 Å². The molecule has 25 heavy (non-hydrogen) atoms. The van der Waals surface area contributed by atoms with Crippen LogP contribution in [0.4, 0.5) is 0 Å². The third kappa shape index (κ3) is 3.87. The second-order valence-electron chi connectivity index (χ2n) is 6.43. The Morgan fingerprint density at radius 1 is 1.24 bits per heavy atom. The van der Waals surface area contributed by atoms with E-state index in [4.69, 9.17) is 14.2 Å². The molecular weight excluding hydrogens is 322 g/mol. The molecule has 0 bridgehead atoms. The Morgan fingerprint density at radius 3 is 2.88 bits per heavy atom. The van der Waals surface area contributed by atoms with E-state index >= 15 is 0 Å². The van der Waals surface area contributed by atoms with Gasteiger partial charge in [0.25, 0.3) is 0 Å². The highest BCUT2D eigenvalue weighted by molar-refractivity contribution is 5.78. The highest BCUT2D eigenvalue weighted by atomic mass is 16.7. The lowest BCUT2D eigenvalue weighted by Crippen LogP contribution is -2.40. The van der Waals surface area contributed by atoms with Gasteiger partial charge in [-0.2, -0.15) is 0 Å². The zero-order chi connectivity index (χ0) is 17.1. The van der Waals surface area contributed by atoms with Crippen molar-refractivity contribution in [1.82, 2.24) is 15.3 Å². The molecule has 4 rings (SSSR count). The molecule has 0 unspecified atom stereocenters. The summed E-state index contributed by atoms with van der Waals surface area (Å²) in [6.45, 7) is 0.266. The van der Waals surface area contributed by atoms with Gasteiger partial charge in [-0.15, -0.1) is 0 Å². The molecule has 1 aliphatic carbocycles. The molecule has 0 saturated heterocycles. The second kappa shape index (κ2) is 7.04. The second-order valence-corrected chi connectivity index (χ2v) is 6.43. The number of aromatic nitrogens is 2. The van der Waals surface area contributed by atoms with Crippen molar-refractivity contribution in [1.29, 1.82) is 0 Å². The van der Waals surface area contributed by atoms with Gasteiger partial charge in [-0.05, 0) is 37.8 Å². The Bertz CT molecular complexity index is 724. The summed E-state index contributed by atoms with van der Waals surface area (Å²) in [4.78, 5) is 18.9. The van der Waals surface area contributed by atoms with E-state index in [9.17, 15) is 4.79 Å². The molecule has 1 fully saturated rings. The Hall–Kier alpha value is -2.70. The van der Waals surface area contributed by atoms with Crippen molar-refractivity contribution >= 4 is 5.91 Å². The minimum absolute atomic E-state index is 0.0318. The number of nitrogens with zero attached hydrogens (tertiary/aromatic N) is 1. The van der Waals surface area contributed by atoms with Gasteiger partial charge in [-0.25, -0.2) is 4.98 Å². The summed E-state index contributed by atoms with van der Waals surface area (Å²) < 4.78 is 16.7. The highest BCUT2D eigenvalue weighted by Crippen LogP contribution is 2.36. The Morgan fingerprint density at radius 2 is 2.08 bits per heavy atom. The number of rotatable bonds is 5. The number of benzene rings is 1. The standard InChI is InChI=1S/C18H21N3O4/c22-18(7-13-9-19-10-20-13)21-12-1-3-14(4-2-12)25-15-5-6-16-17(8-15)24-11-23-16/h5-6,8-10,12,14H,1-4,7,11H2,(H,19,20)(H,21,22). The fraction of sp³-hybridized carbons (Fsp3) is 0.444. The largest absolute Gasteiger partial charge is 0.490 e. The molecule has 2 aliphatic rings. The first-order valence-corrected chi connectivity index (χ1v) is 8.59. The monoisotopic (exact) mass is 343 g/mol. The molecule has 1 amide bonds. The minimum atomic E-state index is 0.0318. The van der Waals surface area contributed by atoms with Crippen LogP contribution < -0.4 is 19.5 Å². The fourth-order valence-corrected chi connectivity index (χ4v) is 3.30. The summed E-state index contributed by atoms with van der Waals surface area (Å²) in [7, 11) is 0. The van der Waals surface area contributed by atoms with Crippen LogP contribution in [0.5, 0.6) is 17.2 Å². The summed E-state index contributed by atoms with van der Waals surface area (Å²) in [5, 5.41) is 3.10. The lowest BCUT2D eigenvalue weighted by atomic mass is 9.92. The van der Waals surface area contributed by atoms with Crippen molar-refractivity contribution in [2.75, 3.05) is 6.79 Å². The number of carbonyl (C=O) groups excluding carboxylic acids is 1. The van der Waals surface area contributed by atoms with Crippen molar-refractivity contribution in [3.8, 4) is 17.2 Å². The van der Waals surface area contributed by atoms with E-state index in [1.54, 1.807) is 12.5 Å². The van der Waals surface area contributed by atoms with E-state index in [0.717, 1.165) is 48.6 Å². The average molecular weight is 343 g/mol. The van der Waals surface area contributed by atoms with Crippen molar-refractivity contribution < 1.29 is 19.0 Å². The zero-order valence-electron chi connectivity index (χ0n) is 13.9. The molecule has 1 saturated carbocycles. The summed E-state index contributed by atoms with van der Waals surface area (Å²) in [5.41, 5.74) is 0.831. The van der Waals surface area contributed by atoms with Gasteiger partial charge in [0, 0.05) is 24.0 Å². The number of aromatic amines is 1. The minimum Gasteiger partial charge on any atom is -0.490 e. The van der Waals surface area contributed by atoms with Crippen molar-refractivity contribution in [2.24, 2.45) is 0 Å². The SMILES string of the molecule is O=C(Cc1cnc[nH]1)NC1CCC(Oc2ccc3c(c2)OCO3)CC1. The average Bonchev–Trinajstić information content (AvgIpc) is 3.27. The predicted molar refractivity (Wildman–Crippen MR) is 89.7 cm³/mol. The van der Waals surface area contributed by atoms with Crippen LogP contribution >= 0.6 is 0 Å². The number of hydrogen-bond donors (Lipinski definition) is 2. The molecule has 2 aromatic rings. The highest BCUT2D eigenvalue weighted by Gasteiger charge is 2.24. The Kier molecular flexibility index (Phi) is 4.45. The van der Waals surface area contributed by atoms with E-state index < -0.39 is 0 Å². The van der Waals surface area contributed by atoms with Gasteiger partial charge >= 0.3 is 0 Å². The maximum atomic E-state index is 12.0. The van der Waals surface area contributed by atoms with E-state index in [1.165, 1.54) is 0 Å². The molecule has 2 N–H and O–H groups in total. The summed E-state index contributed by atoms with van der Waals surface area (Å²) >= 11 is 0. The van der Waals surface area contributed by atoms with Gasteiger partial charge in [-0.3, -0.25) is 4.79 Å². The van der Waals surface area contributed by atoms with Crippen molar-refractivity contribution in [2.45, 2.75) is 44.2 Å². The Balaban J connectivity index is 1.23. The molecule has 7 nitrogen and oxygen atoms in total. The van der Waals surface area contributed by atoms with Gasteiger partial charge in [0.05, 0.1) is 18.9 Å². The molecule has 1 aromatic heterocycles. The third-order valence-corrected chi connectivity index (χ3v) is 4.59. The molecule has 1 aliphatic heterocycles. The number of carbonyl (C=O) groups is 1. The summed E-state index contributed by atoms with van der Waals surface area (Å²) in [5.74, 6) is 2.33. The van der Waals surface area contributed by atoms with Crippen LogP contribution in [0.15, 0.2) is 30.7 Å². The summed E-state index contributed by atoms with van der Waals surface area (Å²) in [6, 6.07) is 5.87. The maximum absolute atomic E-state index is 12.0. The number of amides is 1. The van der Waals surface area contributed by atoms with Crippen LogP contribution in [0.25, 0.3) is 0 Å². The van der Waals surface area contributed by atoms with Crippen LogP contribution in [0.2, 0.25) is 0 Å². The summed E-state index contributed by atoms with van der Waals surface area (Å²) in [6.07, 6.45) is 7.45. The van der Waals surface area contributed by atoms with Crippen LogP contribution in [-0.4, -0.2) is 34.8 Å². The van der Waals surface area contributed by atoms with Gasteiger partial charge in [0.1, 0.15) is 5.75 Å². The lowest BCUT2D eigenvalue weighted by molar-refractivity contribution is -0.121. The first-order chi connectivity index (χ1) is 12.3. The van der Waals surface area contributed by atoms with E-state index in [0.29, 0.717) is 6.42 Å². The van der Waals surface area contributed by atoms with Gasteiger partial charge in [0.15, 0.2) is 11.5 Å². The number of ether oxygens (including phenoxy) is 3. The number of hydrogen-bond acceptors (Lipinski definition) is 5. The van der Waals surface area contributed by atoms with Gasteiger partial charge < -0.3 is 24.5 Å². The van der Waals surface area contributed by atoms with Crippen LogP contribution in [0, 0.1) is 0 Å². The quantitative estimate of drug-likeness (QED) is 0.869. The van der Waals surface area contributed by atoms with Crippen LogP contribution in [0.1, 0.15) is 31.4 Å². The van der Waals surface area contributed by atoms with Crippen LogP contribution in [0.3, 0.4) is 0 Å². The number of imidazole rings is 1. The fourth-order valence-electron chi connectivity index (χ4n) is 3.30. The predicted octanol–water partition coefficient (Wildman–Crippen LogP) is 2.19. The number of H-pyrrole nitrogens is 1. The Labute approximate surface area is 145 Å².